The third-order valence-corrected chi connectivity index (χ3v) is 8.12. The Labute approximate surface area is 229 Å². The summed E-state index contributed by atoms with van der Waals surface area (Å²) in [6, 6.07) is 20.5. The summed E-state index contributed by atoms with van der Waals surface area (Å²) < 4.78 is 34.1. The van der Waals surface area contributed by atoms with Crippen LogP contribution in [0.25, 0.3) is 0 Å². The van der Waals surface area contributed by atoms with Gasteiger partial charge in [0.2, 0.25) is 11.8 Å². The maximum absolute atomic E-state index is 13.9. The number of anilines is 1. The molecule has 202 valence electrons. The molecule has 3 aromatic carbocycles. The molecule has 3 rings (SSSR count). The van der Waals surface area contributed by atoms with Crippen LogP contribution >= 0.6 is 11.6 Å². The van der Waals surface area contributed by atoms with E-state index in [0.717, 1.165) is 10.7 Å². The number of rotatable bonds is 12. The van der Waals surface area contributed by atoms with Crippen LogP contribution in [0.3, 0.4) is 0 Å². The Hall–Kier alpha value is -3.56. The number of carbonyl (C=O) groups excluding carboxylic acids is 2. The van der Waals surface area contributed by atoms with Crippen molar-refractivity contribution in [2.24, 2.45) is 0 Å². The van der Waals surface area contributed by atoms with E-state index < -0.39 is 28.5 Å². The SMILES string of the molecule is CCCNC(=O)[C@@H](C)N(Cc1ccccc1Cl)C(=O)CN(c1ccccc1OC)S(=O)(=O)c1ccccc1. The van der Waals surface area contributed by atoms with Crippen LogP contribution in [0.4, 0.5) is 5.69 Å². The Kier molecular flexibility index (Phi) is 10.2. The van der Waals surface area contributed by atoms with Crippen molar-refractivity contribution in [3.8, 4) is 5.75 Å². The normalized spacial score (nSPS) is 11.9. The van der Waals surface area contributed by atoms with Gasteiger partial charge in [0.25, 0.3) is 10.0 Å². The number of ether oxygens (including phenoxy) is 1. The first kappa shape index (κ1) is 29.0. The Balaban J connectivity index is 2.05. The van der Waals surface area contributed by atoms with E-state index in [1.165, 1.54) is 24.1 Å². The van der Waals surface area contributed by atoms with Crippen LogP contribution in [0.5, 0.6) is 5.75 Å². The number of hydrogen-bond donors (Lipinski definition) is 1. The van der Waals surface area contributed by atoms with Crippen LogP contribution in [0.1, 0.15) is 25.8 Å². The van der Waals surface area contributed by atoms with Gasteiger partial charge in [-0.1, -0.05) is 67.1 Å². The van der Waals surface area contributed by atoms with E-state index in [2.05, 4.69) is 5.32 Å². The lowest BCUT2D eigenvalue weighted by Gasteiger charge is -2.32. The van der Waals surface area contributed by atoms with Crippen molar-refractivity contribution in [2.45, 2.75) is 37.8 Å². The van der Waals surface area contributed by atoms with Crippen molar-refractivity contribution in [1.82, 2.24) is 10.2 Å². The number of carbonyl (C=O) groups is 2. The quantitative estimate of drug-likeness (QED) is 0.354. The van der Waals surface area contributed by atoms with E-state index in [9.17, 15) is 18.0 Å². The molecule has 2 amide bonds. The monoisotopic (exact) mass is 557 g/mol. The summed E-state index contributed by atoms with van der Waals surface area (Å²) >= 11 is 6.37. The Bertz CT molecular complexity index is 1350. The minimum Gasteiger partial charge on any atom is -0.495 e. The van der Waals surface area contributed by atoms with Gasteiger partial charge < -0.3 is 15.0 Å². The molecule has 0 aliphatic heterocycles. The van der Waals surface area contributed by atoms with Crippen molar-refractivity contribution in [3.63, 3.8) is 0 Å². The topological polar surface area (TPSA) is 96.0 Å². The first-order chi connectivity index (χ1) is 18.2. The van der Waals surface area contributed by atoms with E-state index >= 15 is 0 Å². The van der Waals surface area contributed by atoms with Crippen molar-refractivity contribution in [1.29, 1.82) is 0 Å². The molecule has 0 spiro atoms. The second-order valence-corrected chi connectivity index (χ2v) is 10.8. The smallest absolute Gasteiger partial charge is 0.264 e. The molecule has 10 heteroatoms. The van der Waals surface area contributed by atoms with E-state index in [4.69, 9.17) is 16.3 Å². The van der Waals surface area contributed by atoms with Crippen LogP contribution < -0.4 is 14.4 Å². The molecule has 0 aliphatic rings. The highest BCUT2D eigenvalue weighted by Crippen LogP contribution is 2.32. The molecule has 38 heavy (non-hydrogen) atoms. The fraction of sp³-hybridized carbons (Fsp3) is 0.286. The van der Waals surface area contributed by atoms with Gasteiger partial charge in [0.1, 0.15) is 18.3 Å². The van der Waals surface area contributed by atoms with Crippen molar-refractivity contribution in [2.75, 3.05) is 24.5 Å². The summed E-state index contributed by atoms with van der Waals surface area (Å²) in [7, 11) is -2.75. The van der Waals surface area contributed by atoms with E-state index in [1.54, 1.807) is 73.7 Å². The molecule has 0 radical (unpaired) electrons. The minimum atomic E-state index is -4.18. The first-order valence-corrected chi connectivity index (χ1v) is 14.0. The molecule has 0 fully saturated rings. The number of benzene rings is 3. The number of nitrogens with zero attached hydrogens (tertiary/aromatic N) is 2. The van der Waals surface area contributed by atoms with E-state index in [0.29, 0.717) is 17.1 Å². The average molecular weight is 558 g/mol. The molecule has 0 unspecified atom stereocenters. The van der Waals surface area contributed by atoms with Crippen LogP contribution in [-0.2, 0) is 26.2 Å². The summed E-state index contributed by atoms with van der Waals surface area (Å²) in [4.78, 5) is 28.2. The molecule has 3 aromatic rings. The Morgan fingerprint density at radius 1 is 0.974 bits per heavy atom. The van der Waals surface area contributed by atoms with Crippen LogP contribution in [-0.4, -0.2) is 51.4 Å². The van der Waals surface area contributed by atoms with Crippen LogP contribution in [0.15, 0.2) is 83.8 Å². The molecule has 0 aliphatic carbocycles. The third-order valence-electron chi connectivity index (χ3n) is 5.98. The number of para-hydroxylation sites is 2. The van der Waals surface area contributed by atoms with Gasteiger partial charge in [0.15, 0.2) is 0 Å². The molecule has 0 saturated carbocycles. The van der Waals surface area contributed by atoms with Crippen molar-refractivity contribution >= 4 is 39.1 Å². The molecule has 0 saturated heterocycles. The first-order valence-electron chi connectivity index (χ1n) is 12.2. The summed E-state index contributed by atoms with van der Waals surface area (Å²) in [5, 5.41) is 3.24. The molecule has 0 bridgehead atoms. The highest BCUT2D eigenvalue weighted by molar-refractivity contribution is 7.92. The van der Waals surface area contributed by atoms with Gasteiger partial charge in [-0.25, -0.2) is 8.42 Å². The maximum Gasteiger partial charge on any atom is 0.264 e. The number of halogens is 1. The molecule has 8 nitrogen and oxygen atoms in total. The fourth-order valence-electron chi connectivity index (χ4n) is 3.86. The minimum absolute atomic E-state index is 0.0182. The molecule has 0 heterocycles. The zero-order valence-corrected chi connectivity index (χ0v) is 23.2. The predicted octanol–water partition coefficient (Wildman–Crippen LogP) is 4.49. The second-order valence-electron chi connectivity index (χ2n) is 8.58. The van der Waals surface area contributed by atoms with Gasteiger partial charge >= 0.3 is 0 Å². The number of sulfonamides is 1. The number of methoxy groups -OCH3 is 1. The molecular weight excluding hydrogens is 526 g/mol. The highest BCUT2D eigenvalue weighted by atomic mass is 35.5. The van der Waals surface area contributed by atoms with Gasteiger partial charge in [0, 0.05) is 18.1 Å². The predicted molar refractivity (Wildman–Crippen MR) is 149 cm³/mol. The summed E-state index contributed by atoms with van der Waals surface area (Å²) in [5.41, 5.74) is 0.834. The van der Waals surface area contributed by atoms with Crippen molar-refractivity contribution in [3.05, 3.63) is 89.4 Å². The van der Waals surface area contributed by atoms with Crippen LogP contribution in [0.2, 0.25) is 5.02 Å². The Morgan fingerprint density at radius 2 is 1.61 bits per heavy atom. The van der Waals surface area contributed by atoms with Gasteiger partial charge in [-0.3, -0.25) is 13.9 Å². The maximum atomic E-state index is 13.9. The lowest BCUT2D eigenvalue weighted by molar-refractivity contribution is -0.139. The van der Waals surface area contributed by atoms with Gasteiger partial charge in [0.05, 0.1) is 17.7 Å². The average Bonchev–Trinajstić information content (AvgIpc) is 2.94. The third kappa shape index (κ3) is 6.85. The van der Waals surface area contributed by atoms with E-state index in [1.807, 2.05) is 6.92 Å². The molecule has 1 atom stereocenters. The lowest BCUT2D eigenvalue weighted by Crippen LogP contribution is -2.51. The summed E-state index contributed by atoms with van der Waals surface area (Å²) in [5.74, 6) is -0.636. The molecule has 1 N–H and O–H groups in total. The second kappa shape index (κ2) is 13.3. The number of nitrogens with one attached hydrogen (secondary N) is 1. The standard InChI is InChI=1S/C28H32ClN3O5S/c1-4-18-30-28(34)21(2)31(19-22-12-8-9-15-24(22)29)27(33)20-32(25-16-10-11-17-26(25)37-3)38(35,36)23-13-6-5-7-14-23/h5-17,21H,4,18-20H2,1-3H3,(H,30,34)/t21-/m1/s1. The summed E-state index contributed by atoms with van der Waals surface area (Å²) in [6.07, 6.45) is 0.730. The summed E-state index contributed by atoms with van der Waals surface area (Å²) in [6.45, 7) is 3.45. The molecule has 0 aromatic heterocycles. The number of amides is 2. The largest absolute Gasteiger partial charge is 0.495 e. The fourth-order valence-corrected chi connectivity index (χ4v) is 5.50. The van der Waals surface area contributed by atoms with Crippen molar-refractivity contribution < 1.29 is 22.7 Å². The van der Waals surface area contributed by atoms with Crippen LogP contribution in [0, 0.1) is 0 Å². The lowest BCUT2D eigenvalue weighted by atomic mass is 10.1. The number of hydrogen-bond acceptors (Lipinski definition) is 5. The van der Waals surface area contributed by atoms with Gasteiger partial charge in [-0.05, 0) is 49.2 Å². The zero-order valence-electron chi connectivity index (χ0n) is 21.6. The van der Waals surface area contributed by atoms with E-state index in [-0.39, 0.29) is 28.8 Å². The van der Waals surface area contributed by atoms with Gasteiger partial charge in [-0.15, -0.1) is 0 Å². The highest BCUT2D eigenvalue weighted by Gasteiger charge is 2.33. The molecular formula is C28H32ClN3O5S. The Morgan fingerprint density at radius 3 is 2.26 bits per heavy atom. The van der Waals surface area contributed by atoms with Gasteiger partial charge in [-0.2, -0.15) is 0 Å². The zero-order chi connectivity index (χ0) is 27.7.